The molecule has 88 valence electrons. The van der Waals surface area contributed by atoms with Crippen molar-refractivity contribution in [1.29, 1.82) is 0 Å². The van der Waals surface area contributed by atoms with Crippen molar-refractivity contribution in [2.45, 2.75) is 19.0 Å². The number of hydrogen-bond donors (Lipinski definition) is 1. The summed E-state index contributed by atoms with van der Waals surface area (Å²) < 4.78 is 22.5. The molecule has 16 heavy (non-hydrogen) atoms. The molecule has 2 atom stereocenters. The molecule has 2 amide bonds. The highest BCUT2D eigenvalue weighted by Gasteiger charge is 2.38. The number of carbonyl (C=O) groups excluding carboxylic acids is 2. The third kappa shape index (κ3) is 1.82. The minimum atomic E-state index is -3.22. The van der Waals surface area contributed by atoms with E-state index >= 15 is 0 Å². The summed E-state index contributed by atoms with van der Waals surface area (Å²) in [6.45, 7) is 1.53. The van der Waals surface area contributed by atoms with Crippen LogP contribution in [0, 0.1) is 0 Å². The van der Waals surface area contributed by atoms with E-state index in [4.69, 9.17) is 0 Å². The standard InChI is InChI=1S/C9H12N2O4S/c1-6-9(13)10-4-8(12)11(6)7-2-3-16(14,15)5-7/h2-3,6-7H,4-5H2,1H3,(H,10,13). The number of piperazine rings is 1. The average Bonchev–Trinajstić information content (AvgIpc) is 2.53. The van der Waals surface area contributed by atoms with Gasteiger partial charge in [-0.05, 0) is 13.0 Å². The van der Waals surface area contributed by atoms with Gasteiger partial charge in [-0.3, -0.25) is 9.59 Å². The Morgan fingerprint density at radius 1 is 1.44 bits per heavy atom. The first-order chi connectivity index (χ1) is 7.41. The number of nitrogens with zero attached hydrogens (tertiary/aromatic N) is 1. The summed E-state index contributed by atoms with van der Waals surface area (Å²) in [7, 11) is -3.22. The summed E-state index contributed by atoms with van der Waals surface area (Å²) in [5, 5.41) is 3.55. The molecule has 0 spiro atoms. The van der Waals surface area contributed by atoms with Crippen LogP contribution in [-0.2, 0) is 19.4 Å². The highest BCUT2D eigenvalue weighted by molar-refractivity contribution is 7.94. The first-order valence-electron chi connectivity index (χ1n) is 4.90. The lowest BCUT2D eigenvalue weighted by molar-refractivity contribution is -0.146. The molecule has 2 heterocycles. The van der Waals surface area contributed by atoms with Crippen LogP contribution in [0.15, 0.2) is 11.5 Å². The quantitative estimate of drug-likeness (QED) is 0.618. The van der Waals surface area contributed by atoms with Crippen molar-refractivity contribution in [1.82, 2.24) is 10.2 Å². The fraction of sp³-hybridized carbons (Fsp3) is 0.556. The van der Waals surface area contributed by atoms with E-state index in [1.165, 1.54) is 11.0 Å². The fourth-order valence-electron chi connectivity index (χ4n) is 1.95. The first-order valence-corrected chi connectivity index (χ1v) is 6.62. The molecule has 0 saturated carbocycles. The molecule has 0 bridgehead atoms. The molecular weight excluding hydrogens is 232 g/mol. The zero-order chi connectivity index (χ0) is 11.9. The number of hydrogen-bond acceptors (Lipinski definition) is 4. The third-order valence-corrected chi connectivity index (χ3v) is 4.14. The molecule has 1 fully saturated rings. The summed E-state index contributed by atoms with van der Waals surface area (Å²) in [6.07, 6.45) is 1.46. The van der Waals surface area contributed by atoms with Gasteiger partial charge >= 0.3 is 0 Å². The zero-order valence-corrected chi connectivity index (χ0v) is 9.53. The molecule has 2 aliphatic heterocycles. The van der Waals surface area contributed by atoms with E-state index in [9.17, 15) is 18.0 Å². The molecule has 7 heteroatoms. The van der Waals surface area contributed by atoms with Crippen molar-refractivity contribution in [3.8, 4) is 0 Å². The second-order valence-electron chi connectivity index (χ2n) is 3.92. The van der Waals surface area contributed by atoms with Crippen LogP contribution in [0.1, 0.15) is 6.92 Å². The van der Waals surface area contributed by atoms with Gasteiger partial charge in [0.05, 0.1) is 18.3 Å². The molecule has 0 aromatic rings. The van der Waals surface area contributed by atoms with Crippen molar-refractivity contribution in [2.24, 2.45) is 0 Å². The lowest BCUT2D eigenvalue weighted by Gasteiger charge is -2.36. The van der Waals surface area contributed by atoms with Crippen LogP contribution >= 0.6 is 0 Å². The second-order valence-corrected chi connectivity index (χ2v) is 5.85. The van der Waals surface area contributed by atoms with Gasteiger partial charge in [0, 0.05) is 5.41 Å². The van der Waals surface area contributed by atoms with Gasteiger partial charge < -0.3 is 10.2 Å². The van der Waals surface area contributed by atoms with E-state index in [-0.39, 0.29) is 24.1 Å². The SMILES string of the molecule is CC1C(=O)NCC(=O)N1C1C=CS(=O)(=O)C1. The molecule has 0 aliphatic carbocycles. The molecule has 1 saturated heterocycles. The van der Waals surface area contributed by atoms with Gasteiger partial charge in [0.2, 0.25) is 11.8 Å². The van der Waals surface area contributed by atoms with E-state index in [0.717, 1.165) is 5.41 Å². The summed E-state index contributed by atoms with van der Waals surface area (Å²) in [6, 6.07) is -1.14. The smallest absolute Gasteiger partial charge is 0.243 e. The van der Waals surface area contributed by atoms with Crippen molar-refractivity contribution in [3.05, 3.63) is 11.5 Å². The van der Waals surface area contributed by atoms with Gasteiger partial charge in [0.15, 0.2) is 9.84 Å². The summed E-state index contributed by atoms with van der Waals surface area (Å²) in [5.41, 5.74) is 0. The molecule has 0 radical (unpaired) electrons. The summed E-state index contributed by atoms with van der Waals surface area (Å²) in [4.78, 5) is 24.4. The average molecular weight is 244 g/mol. The van der Waals surface area contributed by atoms with Crippen LogP contribution in [0.4, 0.5) is 0 Å². The maximum absolute atomic E-state index is 11.6. The van der Waals surface area contributed by atoms with E-state index in [1.54, 1.807) is 6.92 Å². The Morgan fingerprint density at radius 3 is 2.69 bits per heavy atom. The molecule has 2 aliphatic rings. The van der Waals surface area contributed by atoms with Crippen LogP contribution in [0.5, 0.6) is 0 Å². The van der Waals surface area contributed by atoms with Crippen molar-refractivity contribution >= 4 is 21.7 Å². The van der Waals surface area contributed by atoms with Crippen molar-refractivity contribution in [2.75, 3.05) is 12.3 Å². The van der Waals surface area contributed by atoms with Gasteiger partial charge in [0.1, 0.15) is 6.04 Å². The maximum Gasteiger partial charge on any atom is 0.243 e. The van der Waals surface area contributed by atoms with E-state index in [0.29, 0.717) is 0 Å². The zero-order valence-electron chi connectivity index (χ0n) is 8.71. The normalized spacial score (nSPS) is 32.9. The van der Waals surface area contributed by atoms with Crippen LogP contribution in [-0.4, -0.2) is 49.5 Å². The maximum atomic E-state index is 11.6. The Balaban J connectivity index is 2.23. The molecule has 0 aromatic heterocycles. The number of nitrogens with one attached hydrogen (secondary N) is 1. The second kappa shape index (κ2) is 3.58. The number of rotatable bonds is 1. The minimum absolute atomic E-state index is 0.0619. The van der Waals surface area contributed by atoms with Crippen LogP contribution in [0.2, 0.25) is 0 Å². The van der Waals surface area contributed by atoms with Gasteiger partial charge in [-0.2, -0.15) is 0 Å². The van der Waals surface area contributed by atoms with Gasteiger partial charge in [-0.25, -0.2) is 8.42 Å². The fourth-order valence-corrected chi connectivity index (χ4v) is 3.23. The lowest BCUT2D eigenvalue weighted by Crippen LogP contribution is -2.60. The predicted molar refractivity (Wildman–Crippen MR) is 56.0 cm³/mol. The molecule has 6 nitrogen and oxygen atoms in total. The molecule has 0 aromatic carbocycles. The Hall–Kier alpha value is -1.37. The van der Waals surface area contributed by atoms with Gasteiger partial charge in [-0.15, -0.1) is 0 Å². The summed E-state index contributed by atoms with van der Waals surface area (Å²) >= 11 is 0. The lowest BCUT2D eigenvalue weighted by atomic mass is 10.1. The van der Waals surface area contributed by atoms with Crippen LogP contribution < -0.4 is 5.32 Å². The van der Waals surface area contributed by atoms with E-state index < -0.39 is 21.9 Å². The molecular formula is C9H12N2O4S. The molecule has 2 unspecified atom stereocenters. The highest BCUT2D eigenvalue weighted by atomic mass is 32.2. The summed E-state index contributed by atoms with van der Waals surface area (Å²) in [5.74, 6) is -0.632. The van der Waals surface area contributed by atoms with Gasteiger partial charge in [0.25, 0.3) is 0 Å². The van der Waals surface area contributed by atoms with Crippen molar-refractivity contribution in [3.63, 3.8) is 0 Å². The minimum Gasteiger partial charge on any atom is -0.345 e. The highest BCUT2D eigenvalue weighted by Crippen LogP contribution is 2.19. The molecule has 2 rings (SSSR count). The predicted octanol–water partition coefficient (Wildman–Crippen LogP) is -1.36. The van der Waals surface area contributed by atoms with Crippen LogP contribution in [0.25, 0.3) is 0 Å². The number of carbonyl (C=O) groups is 2. The Kier molecular flexibility index (Phi) is 2.49. The Labute approximate surface area is 93.2 Å². The van der Waals surface area contributed by atoms with Gasteiger partial charge in [-0.1, -0.05) is 0 Å². The Morgan fingerprint density at radius 2 is 2.12 bits per heavy atom. The van der Waals surface area contributed by atoms with E-state index in [2.05, 4.69) is 5.32 Å². The largest absolute Gasteiger partial charge is 0.345 e. The number of sulfone groups is 1. The number of amides is 2. The monoisotopic (exact) mass is 244 g/mol. The Bertz CT molecular complexity index is 468. The molecule has 1 N–H and O–H groups in total. The first kappa shape index (κ1) is 11.1. The van der Waals surface area contributed by atoms with E-state index in [1.807, 2.05) is 0 Å². The van der Waals surface area contributed by atoms with Crippen LogP contribution in [0.3, 0.4) is 0 Å². The topological polar surface area (TPSA) is 83.6 Å². The third-order valence-electron chi connectivity index (χ3n) is 2.77. The van der Waals surface area contributed by atoms with Crippen molar-refractivity contribution < 1.29 is 18.0 Å².